The summed E-state index contributed by atoms with van der Waals surface area (Å²) in [5.74, 6) is 0.903. The number of nitrogens with one attached hydrogen (secondary N) is 2. The van der Waals surface area contributed by atoms with Crippen molar-refractivity contribution in [1.82, 2.24) is 15.5 Å². The standard InChI is InChI=1S/C15H17N3O4/c19-12(10-8-9(10)11-2-1-7-22-11)18-5-3-15(4-6-18)13(20)16-14(21)17-15/h1-2,7,9-10H,3-6,8H2,(H2,16,17,20,21)/t9-,10-/m0/s1. The van der Waals surface area contributed by atoms with Crippen molar-refractivity contribution >= 4 is 17.8 Å². The van der Waals surface area contributed by atoms with Crippen molar-refractivity contribution < 1.29 is 18.8 Å². The molecule has 2 atom stereocenters. The Labute approximate surface area is 127 Å². The van der Waals surface area contributed by atoms with E-state index in [9.17, 15) is 14.4 Å². The van der Waals surface area contributed by atoms with Gasteiger partial charge in [0.1, 0.15) is 11.3 Å². The van der Waals surface area contributed by atoms with E-state index in [4.69, 9.17) is 4.42 Å². The lowest BCUT2D eigenvalue weighted by Crippen LogP contribution is -2.56. The van der Waals surface area contributed by atoms with Crippen LogP contribution in [-0.4, -0.2) is 41.4 Å². The van der Waals surface area contributed by atoms with E-state index in [0.717, 1.165) is 12.2 Å². The van der Waals surface area contributed by atoms with E-state index in [1.165, 1.54) is 0 Å². The quantitative estimate of drug-likeness (QED) is 0.782. The molecule has 1 aromatic rings. The maximum absolute atomic E-state index is 12.5. The second-order valence-corrected chi connectivity index (χ2v) is 6.28. The number of piperidine rings is 1. The van der Waals surface area contributed by atoms with Gasteiger partial charge in [0, 0.05) is 24.9 Å². The number of likely N-dealkylation sites (tertiary alicyclic amines) is 1. The third kappa shape index (κ3) is 2.00. The molecule has 2 aliphatic heterocycles. The smallest absolute Gasteiger partial charge is 0.322 e. The van der Waals surface area contributed by atoms with Gasteiger partial charge >= 0.3 is 6.03 Å². The number of urea groups is 1. The van der Waals surface area contributed by atoms with Crippen LogP contribution in [-0.2, 0) is 9.59 Å². The molecule has 1 aliphatic carbocycles. The zero-order chi connectivity index (χ0) is 15.3. The number of hydrogen-bond acceptors (Lipinski definition) is 4. The van der Waals surface area contributed by atoms with Gasteiger partial charge in [0.05, 0.1) is 6.26 Å². The Hall–Kier alpha value is -2.31. The molecular formula is C15H17N3O4. The fraction of sp³-hybridized carbons (Fsp3) is 0.533. The van der Waals surface area contributed by atoms with Crippen LogP contribution >= 0.6 is 0 Å². The minimum absolute atomic E-state index is 0.00723. The van der Waals surface area contributed by atoms with Crippen LogP contribution in [0.5, 0.6) is 0 Å². The van der Waals surface area contributed by atoms with Crippen LogP contribution in [0.3, 0.4) is 0 Å². The number of carbonyl (C=O) groups is 3. The van der Waals surface area contributed by atoms with Crippen LogP contribution in [0.15, 0.2) is 22.8 Å². The molecule has 0 radical (unpaired) electrons. The van der Waals surface area contributed by atoms with Crippen LogP contribution in [0.2, 0.25) is 0 Å². The normalized spacial score (nSPS) is 29.4. The molecule has 0 unspecified atom stereocenters. The molecule has 3 heterocycles. The molecule has 1 aromatic heterocycles. The highest BCUT2D eigenvalue weighted by molar-refractivity contribution is 6.07. The summed E-state index contributed by atoms with van der Waals surface area (Å²) >= 11 is 0. The highest BCUT2D eigenvalue weighted by Gasteiger charge is 2.51. The Morgan fingerprint density at radius 3 is 2.68 bits per heavy atom. The molecule has 3 aliphatic rings. The fourth-order valence-electron chi connectivity index (χ4n) is 3.51. The third-order valence-electron chi connectivity index (χ3n) is 4.96. The van der Waals surface area contributed by atoms with Crippen LogP contribution in [0.1, 0.15) is 30.9 Å². The zero-order valence-corrected chi connectivity index (χ0v) is 12.0. The number of amides is 4. The predicted molar refractivity (Wildman–Crippen MR) is 74.8 cm³/mol. The molecule has 2 saturated heterocycles. The molecule has 7 nitrogen and oxygen atoms in total. The summed E-state index contributed by atoms with van der Waals surface area (Å²) in [6, 6.07) is 3.30. The number of nitrogens with zero attached hydrogens (tertiary/aromatic N) is 1. The van der Waals surface area contributed by atoms with E-state index in [2.05, 4.69) is 10.6 Å². The molecule has 2 N–H and O–H groups in total. The Morgan fingerprint density at radius 2 is 2.09 bits per heavy atom. The second kappa shape index (κ2) is 4.59. The van der Waals surface area contributed by atoms with Gasteiger partial charge in [-0.25, -0.2) is 4.79 Å². The molecular weight excluding hydrogens is 286 g/mol. The van der Waals surface area contributed by atoms with Crippen LogP contribution in [0.25, 0.3) is 0 Å². The van der Waals surface area contributed by atoms with Crippen LogP contribution in [0, 0.1) is 5.92 Å². The number of imide groups is 1. The SMILES string of the molecule is O=C1NC(=O)C2(CCN(C(=O)[C@H]3C[C@@H]3c3ccco3)CC2)N1. The van der Waals surface area contributed by atoms with Gasteiger partial charge in [-0.1, -0.05) is 0 Å². The lowest BCUT2D eigenvalue weighted by molar-refractivity contribution is -0.137. The summed E-state index contributed by atoms with van der Waals surface area (Å²) < 4.78 is 5.36. The minimum atomic E-state index is -0.822. The summed E-state index contributed by atoms with van der Waals surface area (Å²) in [4.78, 5) is 37.5. The summed E-state index contributed by atoms with van der Waals surface area (Å²) in [6.07, 6.45) is 3.38. The maximum atomic E-state index is 12.5. The predicted octanol–water partition coefficient (Wildman–Crippen LogP) is 0.584. The Morgan fingerprint density at radius 1 is 1.32 bits per heavy atom. The average molecular weight is 303 g/mol. The first-order valence-corrected chi connectivity index (χ1v) is 7.55. The van der Waals surface area contributed by atoms with E-state index in [1.807, 2.05) is 12.1 Å². The Kier molecular flexibility index (Phi) is 2.79. The van der Waals surface area contributed by atoms with Crippen molar-refractivity contribution in [3.8, 4) is 0 Å². The largest absolute Gasteiger partial charge is 0.469 e. The first-order valence-electron chi connectivity index (χ1n) is 7.55. The van der Waals surface area contributed by atoms with Gasteiger partial charge in [-0.05, 0) is 31.4 Å². The van der Waals surface area contributed by atoms with Gasteiger partial charge in [0.15, 0.2) is 0 Å². The highest BCUT2D eigenvalue weighted by atomic mass is 16.3. The van der Waals surface area contributed by atoms with Gasteiger partial charge < -0.3 is 14.6 Å². The molecule has 0 bridgehead atoms. The Bertz CT molecular complexity index is 631. The number of rotatable bonds is 2. The fourth-order valence-corrected chi connectivity index (χ4v) is 3.51. The van der Waals surface area contributed by atoms with Crippen LogP contribution < -0.4 is 10.6 Å². The summed E-state index contributed by atoms with van der Waals surface area (Å²) in [7, 11) is 0. The van der Waals surface area contributed by atoms with Gasteiger partial charge in [-0.15, -0.1) is 0 Å². The molecule has 4 rings (SSSR count). The lowest BCUT2D eigenvalue weighted by atomic mass is 9.87. The first kappa shape index (κ1) is 13.4. The molecule has 3 fully saturated rings. The third-order valence-corrected chi connectivity index (χ3v) is 4.96. The number of hydrogen-bond donors (Lipinski definition) is 2. The summed E-state index contributed by atoms with van der Waals surface area (Å²) in [6.45, 7) is 0.988. The van der Waals surface area contributed by atoms with E-state index < -0.39 is 11.6 Å². The Balaban J connectivity index is 1.37. The summed E-state index contributed by atoms with van der Waals surface area (Å²) in [5.41, 5.74) is -0.822. The monoisotopic (exact) mass is 303 g/mol. The van der Waals surface area contributed by atoms with Crippen molar-refractivity contribution in [2.75, 3.05) is 13.1 Å². The molecule has 0 aromatic carbocycles. The summed E-state index contributed by atoms with van der Waals surface area (Å²) in [5, 5.41) is 4.98. The molecule has 1 spiro atoms. The lowest BCUT2D eigenvalue weighted by Gasteiger charge is -2.37. The number of carbonyl (C=O) groups excluding carboxylic acids is 3. The van der Waals surface area contributed by atoms with Crippen molar-refractivity contribution in [2.45, 2.75) is 30.7 Å². The molecule has 116 valence electrons. The molecule has 1 saturated carbocycles. The molecule has 22 heavy (non-hydrogen) atoms. The maximum Gasteiger partial charge on any atom is 0.322 e. The van der Waals surface area contributed by atoms with Crippen molar-refractivity contribution in [2.24, 2.45) is 5.92 Å². The zero-order valence-electron chi connectivity index (χ0n) is 12.0. The topological polar surface area (TPSA) is 91.7 Å². The minimum Gasteiger partial charge on any atom is -0.469 e. The van der Waals surface area contributed by atoms with Crippen molar-refractivity contribution in [3.05, 3.63) is 24.2 Å². The van der Waals surface area contributed by atoms with E-state index in [1.54, 1.807) is 11.2 Å². The van der Waals surface area contributed by atoms with Gasteiger partial charge in [0.2, 0.25) is 5.91 Å². The first-order chi connectivity index (χ1) is 10.6. The number of furan rings is 1. The van der Waals surface area contributed by atoms with Crippen LogP contribution in [0.4, 0.5) is 4.79 Å². The van der Waals surface area contributed by atoms with E-state index in [-0.39, 0.29) is 23.7 Å². The van der Waals surface area contributed by atoms with Gasteiger partial charge in [-0.3, -0.25) is 14.9 Å². The molecule has 4 amide bonds. The van der Waals surface area contributed by atoms with E-state index in [0.29, 0.717) is 25.9 Å². The van der Waals surface area contributed by atoms with Crippen molar-refractivity contribution in [3.63, 3.8) is 0 Å². The van der Waals surface area contributed by atoms with E-state index >= 15 is 0 Å². The average Bonchev–Trinajstić information content (AvgIpc) is 3.01. The van der Waals surface area contributed by atoms with Gasteiger partial charge in [-0.2, -0.15) is 0 Å². The molecule has 7 heteroatoms. The van der Waals surface area contributed by atoms with Crippen molar-refractivity contribution in [1.29, 1.82) is 0 Å². The second-order valence-electron chi connectivity index (χ2n) is 6.28. The highest BCUT2D eigenvalue weighted by Crippen LogP contribution is 2.49. The van der Waals surface area contributed by atoms with Gasteiger partial charge in [0.25, 0.3) is 5.91 Å².